The summed E-state index contributed by atoms with van der Waals surface area (Å²) in [5.74, 6) is 1.51. The van der Waals surface area contributed by atoms with Gasteiger partial charge in [-0.25, -0.2) is 0 Å². The number of ether oxygens (including phenoxy) is 1. The molecule has 0 atom stereocenters. The predicted octanol–water partition coefficient (Wildman–Crippen LogP) is 4.59. The van der Waals surface area contributed by atoms with Crippen molar-refractivity contribution in [3.05, 3.63) is 23.8 Å². The van der Waals surface area contributed by atoms with Crippen LogP contribution in [-0.2, 0) is 0 Å². The van der Waals surface area contributed by atoms with Gasteiger partial charge in [0.1, 0.15) is 11.8 Å². The van der Waals surface area contributed by atoms with Crippen molar-refractivity contribution in [3.63, 3.8) is 0 Å². The first-order valence-electron chi connectivity index (χ1n) is 7.90. The third-order valence-electron chi connectivity index (χ3n) is 4.51. The van der Waals surface area contributed by atoms with E-state index in [1.807, 2.05) is 18.2 Å². The van der Waals surface area contributed by atoms with Gasteiger partial charge in [0.2, 0.25) is 0 Å². The van der Waals surface area contributed by atoms with Crippen LogP contribution in [0.25, 0.3) is 0 Å². The molecule has 1 fully saturated rings. The molecular formula is C18H26N2O. The standard InChI is InChI=1S/C18H26N2O/c1-14(2)11-18(8-4-5-9-18)13-20-17-10-16(21-3)7-6-15(17)12-19/h6-7,10,14,20H,4-5,8-9,11,13H2,1-3H3. The number of hydrogen-bond acceptors (Lipinski definition) is 3. The highest BCUT2D eigenvalue weighted by Crippen LogP contribution is 2.43. The van der Waals surface area contributed by atoms with Gasteiger partial charge in [0.25, 0.3) is 0 Å². The van der Waals surface area contributed by atoms with Gasteiger partial charge in [-0.2, -0.15) is 5.26 Å². The zero-order valence-electron chi connectivity index (χ0n) is 13.4. The van der Waals surface area contributed by atoms with E-state index in [1.165, 1.54) is 32.1 Å². The van der Waals surface area contributed by atoms with Gasteiger partial charge in [0.15, 0.2) is 0 Å². The molecule has 0 radical (unpaired) electrons. The highest BCUT2D eigenvalue weighted by molar-refractivity contribution is 5.60. The van der Waals surface area contributed by atoms with Crippen molar-refractivity contribution in [1.82, 2.24) is 0 Å². The maximum Gasteiger partial charge on any atom is 0.121 e. The lowest BCUT2D eigenvalue weighted by Gasteiger charge is -2.31. The fraction of sp³-hybridized carbons (Fsp3) is 0.611. The van der Waals surface area contributed by atoms with E-state index in [1.54, 1.807) is 7.11 Å². The van der Waals surface area contributed by atoms with Gasteiger partial charge in [0, 0.05) is 12.6 Å². The third kappa shape index (κ3) is 3.91. The maximum absolute atomic E-state index is 9.25. The van der Waals surface area contributed by atoms with Crippen molar-refractivity contribution in [3.8, 4) is 11.8 Å². The SMILES string of the molecule is COc1ccc(C#N)c(NCC2(CC(C)C)CCCC2)c1. The smallest absolute Gasteiger partial charge is 0.121 e. The van der Waals surface area contributed by atoms with Gasteiger partial charge in [-0.3, -0.25) is 0 Å². The fourth-order valence-corrected chi connectivity index (χ4v) is 3.62. The van der Waals surface area contributed by atoms with E-state index in [2.05, 4.69) is 25.2 Å². The van der Waals surface area contributed by atoms with E-state index in [-0.39, 0.29) is 0 Å². The minimum absolute atomic E-state index is 0.393. The van der Waals surface area contributed by atoms with Crippen molar-refractivity contribution in [2.24, 2.45) is 11.3 Å². The highest BCUT2D eigenvalue weighted by Gasteiger charge is 2.34. The lowest BCUT2D eigenvalue weighted by Crippen LogP contribution is -2.28. The van der Waals surface area contributed by atoms with Crippen LogP contribution in [0.15, 0.2) is 18.2 Å². The molecule has 1 aliphatic carbocycles. The van der Waals surface area contributed by atoms with Crippen LogP contribution in [0, 0.1) is 22.7 Å². The van der Waals surface area contributed by atoms with E-state index in [9.17, 15) is 5.26 Å². The van der Waals surface area contributed by atoms with E-state index >= 15 is 0 Å². The molecule has 1 aromatic carbocycles. The van der Waals surface area contributed by atoms with E-state index in [0.29, 0.717) is 16.9 Å². The van der Waals surface area contributed by atoms with Crippen molar-refractivity contribution >= 4 is 5.69 Å². The Morgan fingerprint density at radius 2 is 2.05 bits per heavy atom. The van der Waals surface area contributed by atoms with Gasteiger partial charge in [0.05, 0.1) is 18.4 Å². The average molecular weight is 286 g/mol. The zero-order valence-corrected chi connectivity index (χ0v) is 13.4. The fourth-order valence-electron chi connectivity index (χ4n) is 3.62. The Balaban J connectivity index is 2.12. The molecule has 0 aliphatic heterocycles. The largest absolute Gasteiger partial charge is 0.497 e. The molecule has 1 aromatic rings. The van der Waals surface area contributed by atoms with Crippen LogP contribution in [0.3, 0.4) is 0 Å². The number of benzene rings is 1. The van der Waals surface area contributed by atoms with Crippen LogP contribution in [0.2, 0.25) is 0 Å². The topological polar surface area (TPSA) is 45.0 Å². The first kappa shape index (κ1) is 15.7. The second-order valence-electron chi connectivity index (χ2n) is 6.68. The molecule has 3 nitrogen and oxygen atoms in total. The molecule has 0 aromatic heterocycles. The minimum atomic E-state index is 0.393. The number of anilines is 1. The molecule has 1 aliphatic rings. The number of rotatable bonds is 6. The van der Waals surface area contributed by atoms with Crippen LogP contribution < -0.4 is 10.1 Å². The summed E-state index contributed by atoms with van der Waals surface area (Å²) in [6, 6.07) is 7.85. The Labute approximate surface area is 128 Å². The monoisotopic (exact) mass is 286 g/mol. The summed E-state index contributed by atoms with van der Waals surface area (Å²) >= 11 is 0. The quantitative estimate of drug-likeness (QED) is 0.832. The molecule has 0 heterocycles. The number of nitrogens with zero attached hydrogens (tertiary/aromatic N) is 1. The summed E-state index contributed by atoms with van der Waals surface area (Å²) in [7, 11) is 1.66. The molecule has 1 saturated carbocycles. The molecular weight excluding hydrogens is 260 g/mol. The van der Waals surface area contributed by atoms with Crippen molar-refractivity contribution < 1.29 is 4.74 Å². The zero-order chi connectivity index (χ0) is 15.3. The summed E-state index contributed by atoms with van der Waals surface area (Å²) in [5.41, 5.74) is 1.98. The van der Waals surface area contributed by atoms with Crippen LogP contribution in [0.4, 0.5) is 5.69 Å². The molecule has 3 heteroatoms. The second-order valence-corrected chi connectivity index (χ2v) is 6.68. The van der Waals surface area contributed by atoms with Crippen LogP contribution in [0.5, 0.6) is 5.75 Å². The van der Waals surface area contributed by atoms with Gasteiger partial charge >= 0.3 is 0 Å². The number of methoxy groups -OCH3 is 1. The lowest BCUT2D eigenvalue weighted by atomic mass is 9.78. The van der Waals surface area contributed by atoms with Crippen molar-refractivity contribution in [1.29, 1.82) is 5.26 Å². The molecule has 0 bridgehead atoms. The Bertz CT molecular complexity index is 510. The Hall–Kier alpha value is -1.69. The molecule has 114 valence electrons. The summed E-state index contributed by atoms with van der Waals surface area (Å²) < 4.78 is 5.27. The minimum Gasteiger partial charge on any atom is -0.497 e. The van der Waals surface area contributed by atoms with Gasteiger partial charge in [-0.15, -0.1) is 0 Å². The van der Waals surface area contributed by atoms with E-state index < -0.39 is 0 Å². The average Bonchev–Trinajstić information content (AvgIpc) is 2.92. The van der Waals surface area contributed by atoms with Crippen LogP contribution in [-0.4, -0.2) is 13.7 Å². The molecule has 2 rings (SSSR count). The first-order valence-corrected chi connectivity index (χ1v) is 7.90. The summed E-state index contributed by atoms with van der Waals surface area (Å²) in [4.78, 5) is 0. The molecule has 0 saturated heterocycles. The Kier molecular flexibility index (Phi) is 5.12. The molecule has 1 N–H and O–H groups in total. The number of nitriles is 1. The van der Waals surface area contributed by atoms with Gasteiger partial charge < -0.3 is 10.1 Å². The molecule has 0 unspecified atom stereocenters. The molecule has 21 heavy (non-hydrogen) atoms. The van der Waals surface area contributed by atoms with E-state index in [4.69, 9.17) is 4.74 Å². The normalized spacial score (nSPS) is 16.7. The number of hydrogen-bond donors (Lipinski definition) is 1. The third-order valence-corrected chi connectivity index (χ3v) is 4.51. The van der Waals surface area contributed by atoms with Crippen molar-refractivity contribution in [2.45, 2.75) is 46.0 Å². The number of nitrogens with one attached hydrogen (secondary N) is 1. The predicted molar refractivity (Wildman–Crippen MR) is 86.6 cm³/mol. The summed E-state index contributed by atoms with van der Waals surface area (Å²) in [6.45, 7) is 5.55. The molecule has 0 spiro atoms. The maximum atomic E-state index is 9.25. The Morgan fingerprint density at radius 1 is 1.33 bits per heavy atom. The summed E-state index contributed by atoms with van der Waals surface area (Å²) in [6.07, 6.45) is 6.51. The van der Waals surface area contributed by atoms with Gasteiger partial charge in [-0.05, 0) is 42.7 Å². The Morgan fingerprint density at radius 3 is 2.62 bits per heavy atom. The lowest BCUT2D eigenvalue weighted by molar-refractivity contribution is 0.252. The summed E-state index contributed by atoms with van der Waals surface area (Å²) in [5, 5.41) is 12.8. The molecule has 0 amide bonds. The highest BCUT2D eigenvalue weighted by atomic mass is 16.5. The van der Waals surface area contributed by atoms with Crippen molar-refractivity contribution in [2.75, 3.05) is 19.0 Å². The van der Waals surface area contributed by atoms with E-state index in [0.717, 1.165) is 18.0 Å². The first-order chi connectivity index (χ1) is 10.1. The van der Waals surface area contributed by atoms with Crippen LogP contribution >= 0.6 is 0 Å². The van der Waals surface area contributed by atoms with Gasteiger partial charge in [-0.1, -0.05) is 26.7 Å². The second kappa shape index (κ2) is 6.85. The van der Waals surface area contributed by atoms with Crippen LogP contribution in [0.1, 0.15) is 51.5 Å².